The first-order valence-electron chi connectivity index (χ1n) is 9.39. The second-order valence-corrected chi connectivity index (χ2v) is 8.34. The molecule has 0 saturated heterocycles. The van der Waals surface area contributed by atoms with Crippen molar-refractivity contribution in [3.8, 4) is 22.5 Å². The van der Waals surface area contributed by atoms with E-state index in [1.807, 2.05) is 0 Å². The first-order chi connectivity index (χ1) is 14.4. The molecule has 3 aromatic rings. The van der Waals surface area contributed by atoms with Crippen LogP contribution in [0.2, 0.25) is 5.02 Å². The van der Waals surface area contributed by atoms with Crippen molar-refractivity contribution in [3.63, 3.8) is 0 Å². The summed E-state index contributed by atoms with van der Waals surface area (Å²) in [5, 5.41) is 6.39. The summed E-state index contributed by atoms with van der Waals surface area (Å²) < 4.78 is 39.7. The molecule has 0 aliphatic carbocycles. The zero-order valence-electron chi connectivity index (χ0n) is 17.6. The Morgan fingerprint density at radius 1 is 1.23 bits per heavy atom. The fourth-order valence-electron chi connectivity index (χ4n) is 2.90. The maximum absolute atomic E-state index is 14.9. The molecule has 0 fully saturated rings. The van der Waals surface area contributed by atoms with E-state index in [2.05, 4.69) is 20.4 Å². The monoisotopic (exact) mass is 450 g/mol. The average Bonchev–Trinajstić information content (AvgIpc) is 3.04. The van der Waals surface area contributed by atoms with Gasteiger partial charge in [0.15, 0.2) is 0 Å². The van der Waals surface area contributed by atoms with Crippen molar-refractivity contribution in [1.82, 2.24) is 20.4 Å². The fourth-order valence-corrected chi connectivity index (χ4v) is 3.10. The molecule has 2 aromatic heterocycles. The Balaban J connectivity index is 1.96. The van der Waals surface area contributed by atoms with E-state index in [9.17, 15) is 13.6 Å². The van der Waals surface area contributed by atoms with Crippen LogP contribution in [0, 0.1) is 18.6 Å². The summed E-state index contributed by atoms with van der Waals surface area (Å²) in [6.45, 7) is 8.30. The van der Waals surface area contributed by atoms with Crippen LogP contribution in [0.1, 0.15) is 45.3 Å². The molecule has 2 heterocycles. The Morgan fingerprint density at radius 3 is 2.52 bits per heavy atom. The molecule has 0 spiro atoms. The molecule has 0 aliphatic heterocycles. The van der Waals surface area contributed by atoms with Crippen LogP contribution < -0.4 is 5.32 Å². The van der Waals surface area contributed by atoms with Crippen molar-refractivity contribution >= 4 is 17.7 Å². The molecular weight excluding hydrogens is 430 g/mol. The Hall–Kier alpha value is -3.07. The molecule has 0 unspecified atom stereocenters. The van der Waals surface area contributed by atoms with Crippen LogP contribution >= 0.6 is 11.6 Å². The molecule has 0 bridgehead atoms. The number of benzene rings is 1. The molecule has 1 N–H and O–H groups in total. The van der Waals surface area contributed by atoms with Gasteiger partial charge < -0.3 is 14.6 Å². The summed E-state index contributed by atoms with van der Waals surface area (Å²) >= 11 is 6.02. The smallest absolute Gasteiger partial charge is 0.408 e. The summed E-state index contributed by atoms with van der Waals surface area (Å²) in [6.07, 6.45) is 0.657. The van der Waals surface area contributed by atoms with E-state index < -0.39 is 29.4 Å². The average molecular weight is 451 g/mol. The maximum atomic E-state index is 14.9. The Bertz CT molecular complexity index is 1130. The SMILES string of the molecule is Cc1nc(-c2c(F)cc(Cl)cc2-c2cnc([C@@H](C)NC(=O)OC(C)(C)C)c(F)c2)no1. The molecule has 1 aromatic carbocycles. The Labute approximate surface area is 182 Å². The van der Waals surface area contributed by atoms with Crippen LogP contribution in [0.5, 0.6) is 0 Å². The van der Waals surface area contributed by atoms with E-state index in [0.717, 1.165) is 6.07 Å². The molecule has 164 valence electrons. The second kappa shape index (κ2) is 8.58. The third-order valence-corrected chi connectivity index (χ3v) is 4.35. The molecular formula is C21H21ClF2N4O3. The molecule has 7 nitrogen and oxygen atoms in total. The first-order valence-corrected chi connectivity index (χ1v) is 9.77. The number of aromatic nitrogens is 3. The van der Waals surface area contributed by atoms with Gasteiger partial charge in [0, 0.05) is 23.7 Å². The predicted molar refractivity (Wildman–Crippen MR) is 110 cm³/mol. The number of alkyl carbamates (subject to hydrolysis) is 1. The number of halogens is 3. The normalized spacial score (nSPS) is 12.5. The molecule has 0 saturated carbocycles. The number of nitrogens with one attached hydrogen (secondary N) is 1. The van der Waals surface area contributed by atoms with Crippen LogP contribution in [0.4, 0.5) is 13.6 Å². The summed E-state index contributed by atoms with van der Waals surface area (Å²) in [7, 11) is 0. The number of ether oxygens (including phenoxy) is 1. The minimum atomic E-state index is -0.765. The standard InChI is InChI=1S/C21H21ClF2N4O3/c1-10(26-20(29)30-21(3,4)5)18-16(24)6-12(9-25-18)14-7-13(22)8-15(23)17(14)19-27-11(2)31-28-19/h6-10H,1-5H3,(H,26,29)/t10-/m1/s1. The number of aryl methyl sites for hydroxylation is 1. The summed E-state index contributed by atoms with van der Waals surface area (Å²) in [6, 6.07) is 2.98. The lowest BCUT2D eigenvalue weighted by atomic mass is 9.99. The zero-order chi connectivity index (χ0) is 22.9. The maximum Gasteiger partial charge on any atom is 0.408 e. The lowest BCUT2D eigenvalue weighted by molar-refractivity contribution is 0.0506. The van der Waals surface area contributed by atoms with Gasteiger partial charge in [-0.3, -0.25) is 4.98 Å². The van der Waals surface area contributed by atoms with Gasteiger partial charge in [0.05, 0.1) is 17.3 Å². The number of amides is 1. The predicted octanol–water partition coefficient (Wildman–Crippen LogP) is 5.62. The quantitative estimate of drug-likeness (QED) is 0.554. The lowest BCUT2D eigenvalue weighted by Gasteiger charge is -2.22. The number of rotatable bonds is 4. The van der Waals surface area contributed by atoms with Crippen LogP contribution in [0.15, 0.2) is 28.9 Å². The Morgan fingerprint density at radius 2 is 1.94 bits per heavy atom. The highest BCUT2D eigenvalue weighted by Gasteiger charge is 2.23. The zero-order valence-corrected chi connectivity index (χ0v) is 18.3. The summed E-state index contributed by atoms with van der Waals surface area (Å²) in [5.74, 6) is -1.13. The van der Waals surface area contributed by atoms with E-state index >= 15 is 0 Å². The van der Waals surface area contributed by atoms with Crippen LogP contribution in [-0.4, -0.2) is 26.8 Å². The second-order valence-electron chi connectivity index (χ2n) is 7.91. The van der Waals surface area contributed by atoms with Crippen molar-refractivity contribution < 1.29 is 22.8 Å². The topological polar surface area (TPSA) is 90.1 Å². The molecule has 10 heteroatoms. The highest BCUT2D eigenvalue weighted by atomic mass is 35.5. The largest absolute Gasteiger partial charge is 0.444 e. The fraction of sp³-hybridized carbons (Fsp3) is 0.333. The van der Waals surface area contributed by atoms with Crippen molar-refractivity contribution in [3.05, 3.63) is 52.6 Å². The van der Waals surface area contributed by atoms with E-state index in [-0.39, 0.29) is 39.1 Å². The number of nitrogens with zero attached hydrogens (tertiary/aromatic N) is 3. The third-order valence-electron chi connectivity index (χ3n) is 4.13. The first kappa shape index (κ1) is 22.6. The minimum Gasteiger partial charge on any atom is -0.444 e. The molecule has 31 heavy (non-hydrogen) atoms. The number of hydrogen-bond acceptors (Lipinski definition) is 6. The number of pyridine rings is 1. The Kier molecular flexibility index (Phi) is 6.26. The number of hydrogen-bond donors (Lipinski definition) is 1. The van der Waals surface area contributed by atoms with Gasteiger partial charge in [-0.15, -0.1) is 0 Å². The van der Waals surface area contributed by atoms with Gasteiger partial charge >= 0.3 is 6.09 Å². The van der Waals surface area contributed by atoms with Crippen molar-refractivity contribution in [2.75, 3.05) is 0 Å². The van der Waals surface area contributed by atoms with E-state index in [1.165, 1.54) is 18.3 Å². The summed E-state index contributed by atoms with van der Waals surface area (Å²) in [4.78, 5) is 20.1. The van der Waals surface area contributed by atoms with Gasteiger partial charge in [-0.2, -0.15) is 4.98 Å². The summed E-state index contributed by atoms with van der Waals surface area (Å²) in [5.41, 5.74) is -0.189. The van der Waals surface area contributed by atoms with E-state index in [0.29, 0.717) is 0 Å². The highest BCUT2D eigenvalue weighted by Crippen LogP contribution is 2.36. The highest BCUT2D eigenvalue weighted by molar-refractivity contribution is 6.31. The van der Waals surface area contributed by atoms with Gasteiger partial charge in [0.25, 0.3) is 0 Å². The van der Waals surface area contributed by atoms with Crippen molar-refractivity contribution in [2.24, 2.45) is 0 Å². The molecule has 3 rings (SSSR count). The van der Waals surface area contributed by atoms with E-state index in [1.54, 1.807) is 34.6 Å². The molecule has 1 amide bonds. The van der Waals surface area contributed by atoms with Crippen molar-refractivity contribution in [2.45, 2.75) is 46.3 Å². The lowest BCUT2D eigenvalue weighted by Crippen LogP contribution is -2.34. The van der Waals surface area contributed by atoms with Crippen LogP contribution in [-0.2, 0) is 4.74 Å². The van der Waals surface area contributed by atoms with Gasteiger partial charge in [-0.1, -0.05) is 16.8 Å². The van der Waals surface area contributed by atoms with Crippen LogP contribution in [0.25, 0.3) is 22.5 Å². The third kappa shape index (κ3) is 5.35. The minimum absolute atomic E-state index is 0.00550. The van der Waals surface area contributed by atoms with E-state index in [4.69, 9.17) is 20.9 Å². The molecule has 0 aliphatic rings. The number of carbonyl (C=O) groups excluding carboxylic acids is 1. The molecule has 0 radical (unpaired) electrons. The van der Waals surface area contributed by atoms with Gasteiger partial charge in [0.2, 0.25) is 11.7 Å². The van der Waals surface area contributed by atoms with Gasteiger partial charge in [0.1, 0.15) is 17.2 Å². The van der Waals surface area contributed by atoms with Gasteiger partial charge in [-0.05, 0) is 51.5 Å². The van der Waals surface area contributed by atoms with Crippen molar-refractivity contribution in [1.29, 1.82) is 0 Å². The number of carbonyl (C=O) groups is 1. The van der Waals surface area contributed by atoms with Crippen LogP contribution in [0.3, 0.4) is 0 Å². The van der Waals surface area contributed by atoms with Gasteiger partial charge in [-0.25, -0.2) is 13.6 Å². The molecule has 1 atom stereocenters.